The Morgan fingerprint density at radius 3 is 2.44 bits per heavy atom. The Labute approximate surface area is 116 Å². The summed E-state index contributed by atoms with van der Waals surface area (Å²) in [5.74, 6) is 0. The van der Waals surface area contributed by atoms with Crippen LogP contribution in [0.15, 0.2) is 44.7 Å². The number of halogens is 2. The van der Waals surface area contributed by atoms with Gasteiger partial charge in [-0.15, -0.1) is 11.3 Å². The van der Waals surface area contributed by atoms with E-state index in [4.69, 9.17) is 0 Å². The van der Waals surface area contributed by atoms with Crippen molar-refractivity contribution in [2.24, 2.45) is 0 Å². The summed E-state index contributed by atoms with van der Waals surface area (Å²) in [7, 11) is 0. The Bertz CT molecular complexity index is 434. The molecular formula is C12H11Br2NS. The van der Waals surface area contributed by atoms with Crippen LogP contribution in [-0.4, -0.2) is 0 Å². The van der Waals surface area contributed by atoms with Gasteiger partial charge < -0.3 is 5.32 Å². The second-order valence-corrected chi connectivity index (χ2v) is 6.32. The highest BCUT2D eigenvalue weighted by atomic mass is 79.9. The van der Waals surface area contributed by atoms with E-state index >= 15 is 0 Å². The van der Waals surface area contributed by atoms with Crippen molar-refractivity contribution in [3.05, 3.63) is 55.1 Å². The third kappa shape index (κ3) is 3.70. The average Bonchev–Trinajstić information content (AvgIpc) is 2.69. The number of benzene rings is 1. The molecule has 1 aromatic carbocycles. The molecule has 0 aliphatic rings. The van der Waals surface area contributed by atoms with E-state index in [0.29, 0.717) is 0 Å². The van der Waals surface area contributed by atoms with E-state index in [-0.39, 0.29) is 0 Å². The molecule has 2 aromatic rings. The van der Waals surface area contributed by atoms with Crippen molar-refractivity contribution < 1.29 is 0 Å². The molecule has 0 radical (unpaired) electrons. The standard InChI is InChI=1S/C12H11Br2NS/c13-10-4-9(5-11(14)6-10)7-15-8-12-2-1-3-16-12/h1-6,15H,7-8H2. The first kappa shape index (κ1) is 12.3. The van der Waals surface area contributed by atoms with Crippen LogP contribution in [0, 0.1) is 0 Å². The van der Waals surface area contributed by atoms with E-state index in [1.54, 1.807) is 11.3 Å². The molecule has 0 bridgehead atoms. The van der Waals surface area contributed by atoms with Crippen LogP contribution in [0.4, 0.5) is 0 Å². The van der Waals surface area contributed by atoms with Crippen LogP contribution in [-0.2, 0) is 13.1 Å². The zero-order chi connectivity index (χ0) is 11.4. The second-order valence-electron chi connectivity index (χ2n) is 3.46. The van der Waals surface area contributed by atoms with Crippen molar-refractivity contribution in [2.45, 2.75) is 13.1 Å². The average molecular weight is 361 g/mol. The van der Waals surface area contributed by atoms with E-state index in [1.807, 2.05) is 6.07 Å². The third-order valence-corrected chi connectivity index (χ3v) is 3.92. The highest BCUT2D eigenvalue weighted by Gasteiger charge is 1.98. The number of thiophene rings is 1. The minimum atomic E-state index is 0.885. The van der Waals surface area contributed by atoms with Gasteiger partial charge in [0.1, 0.15) is 0 Å². The van der Waals surface area contributed by atoms with Crippen LogP contribution in [0.2, 0.25) is 0 Å². The molecule has 16 heavy (non-hydrogen) atoms. The van der Waals surface area contributed by atoms with Crippen molar-refractivity contribution >= 4 is 43.2 Å². The Morgan fingerprint density at radius 2 is 1.81 bits per heavy atom. The molecule has 0 saturated heterocycles. The van der Waals surface area contributed by atoms with Gasteiger partial charge in [-0.25, -0.2) is 0 Å². The molecule has 1 aromatic heterocycles. The molecule has 0 amide bonds. The summed E-state index contributed by atoms with van der Waals surface area (Å²) < 4.78 is 2.21. The SMILES string of the molecule is Brc1cc(Br)cc(CNCc2cccs2)c1. The van der Waals surface area contributed by atoms with Gasteiger partial charge in [-0.1, -0.05) is 37.9 Å². The van der Waals surface area contributed by atoms with Crippen molar-refractivity contribution in [1.29, 1.82) is 0 Å². The van der Waals surface area contributed by atoms with Crippen LogP contribution in [0.5, 0.6) is 0 Å². The van der Waals surface area contributed by atoms with Gasteiger partial charge in [-0.05, 0) is 35.2 Å². The predicted octanol–water partition coefficient (Wildman–Crippen LogP) is 4.56. The fraction of sp³-hybridized carbons (Fsp3) is 0.167. The zero-order valence-electron chi connectivity index (χ0n) is 8.54. The molecule has 0 aliphatic heterocycles. The summed E-state index contributed by atoms with van der Waals surface area (Å²) >= 11 is 8.76. The fourth-order valence-corrected chi connectivity index (χ4v) is 3.52. The van der Waals surface area contributed by atoms with E-state index in [2.05, 4.69) is 66.8 Å². The normalized spacial score (nSPS) is 10.6. The summed E-state index contributed by atoms with van der Waals surface area (Å²) in [4.78, 5) is 1.37. The lowest BCUT2D eigenvalue weighted by atomic mass is 10.2. The maximum Gasteiger partial charge on any atom is 0.0302 e. The van der Waals surface area contributed by atoms with Crippen molar-refractivity contribution in [2.75, 3.05) is 0 Å². The monoisotopic (exact) mass is 359 g/mol. The molecular weight excluding hydrogens is 350 g/mol. The predicted molar refractivity (Wildman–Crippen MR) is 76.7 cm³/mol. The summed E-state index contributed by atoms with van der Waals surface area (Å²) in [5.41, 5.74) is 1.28. The smallest absolute Gasteiger partial charge is 0.0302 e. The van der Waals surface area contributed by atoms with Crippen LogP contribution in [0.1, 0.15) is 10.4 Å². The van der Waals surface area contributed by atoms with Crippen LogP contribution in [0.25, 0.3) is 0 Å². The highest BCUT2D eigenvalue weighted by Crippen LogP contribution is 2.20. The van der Waals surface area contributed by atoms with Gasteiger partial charge in [0, 0.05) is 26.9 Å². The largest absolute Gasteiger partial charge is 0.308 e. The molecule has 0 fully saturated rings. The van der Waals surface area contributed by atoms with E-state index in [0.717, 1.165) is 22.0 Å². The lowest BCUT2D eigenvalue weighted by Gasteiger charge is -2.05. The minimum Gasteiger partial charge on any atom is -0.308 e. The van der Waals surface area contributed by atoms with Gasteiger partial charge in [-0.3, -0.25) is 0 Å². The molecule has 84 valence electrons. The van der Waals surface area contributed by atoms with Gasteiger partial charge in [0.2, 0.25) is 0 Å². The Balaban J connectivity index is 1.89. The number of rotatable bonds is 4. The molecule has 1 nitrogen and oxygen atoms in total. The quantitative estimate of drug-likeness (QED) is 0.842. The second kappa shape index (κ2) is 5.96. The first-order valence-corrected chi connectivity index (χ1v) is 7.39. The van der Waals surface area contributed by atoms with Crippen LogP contribution >= 0.6 is 43.2 Å². The number of hydrogen-bond acceptors (Lipinski definition) is 2. The van der Waals surface area contributed by atoms with E-state index in [1.165, 1.54) is 10.4 Å². The molecule has 0 spiro atoms. The van der Waals surface area contributed by atoms with Crippen molar-refractivity contribution in [1.82, 2.24) is 5.32 Å². The molecule has 1 N–H and O–H groups in total. The summed E-state index contributed by atoms with van der Waals surface area (Å²) in [6.07, 6.45) is 0. The minimum absolute atomic E-state index is 0.885. The van der Waals surface area contributed by atoms with Crippen LogP contribution < -0.4 is 5.32 Å². The van der Waals surface area contributed by atoms with E-state index in [9.17, 15) is 0 Å². The van der Waals surface area contributed by atoms with Gasteiger partial charge in [0.05, 0.1) is 0 Å². The van der Waals surface area contributed by atoms with Crippen molar-refractivity contribution in [3.63, 3.8) is 0 Å². The fourth-order valence-electron chi connectivity index (χ4n) is 1.46. The first-order valence-electron chi connectivity index (χ1n) is 4.92. The molecule has 0 unspecified atom stereocenters. The number of nitrogens with one attached hydrogen (secondary N) is 1. The van der Waals surface area contributed by atoms with Gasteiger partial charge in [-0.2, -0.15) is 0 Å². The molecule has 4 heteroatoms. The molecule has 0 atom stereocenters. The highest BCUT2D eigenvalue weighted by molar-refractivity contribution is 9.11. The molecule has 0 saturated carbocycles. The maximum atomic E-state index is 3.49. The summed E-state index contributed by atoms with van der Waals surface area (Å²) in [5, 5.41) is 5.53. The molecule has 1 heterocycles. The maximum absolute atomic E-state index is 3.49. The van der Waals surface area contributed by atoms with Gasteiger partial charge >= 0.3 is 0 Å². The van der Waals surface area contributed by atoms with Crippen molar-refractivity contribution in [3.8, 4) is 0 Å². The van der Waals surface area contributed by atoms with Gasteiger partial charge in [0.25, 0.3) is 0 Å². The molecule has 2 rings (SSSR count). The van der Waals surface area contributed by atoms with E-state index < -0.39 is 0 Å². The Morgan fingerprint density at radius 1 is 1.06 bits per heavy atom. The summed E-state index contributed by atoms with van der Waals surface area (Å²) in [6.45, 7) is 1.82. The van der Waals surface area contributed by atoms with Gasteiger partial charge in [0.15, 0.2) is 0 Å². The molecule has 0 aliphatic carbocycles. The first-order chi connectivity index (χ1) is 7.74. The Hall–Kier alpha value is -0.160. The van der Waals surface area contributed by atoms with Crippen LogP contribution in [0.3, 0.4) is 0 Å². The zero-order valence-corrected chi connectivity index (χ0v) is 12.5. The summed E-state index contributed by atoms with van der Waals surface area (Å²) in [6, 6.07) is 10.5. The lowest BCUT2D eigenvalue weighted by molar-refractivity contribution is 0.700. The lowest BCUT2D eigenvalue weighted by Crippen LogP contribution is -2.11. The topological polar surface area (TPSA) is 12.0 Å². The third-order valence-electron chi connectivity index (χ3n) is 2.13. The number of hydrogen-bond donors (Lipinski definition) is 1. The Kier molecular flexibility index (Phi) is 4.58.